The molecule has 0 aromatic heterocycles. The van der Waals surface area contributed by atoms with Gasteiger partial charge in [-0.3, -0.25) is 0 Å². The van der Waals surface area contributed by atoms with Crippen molar-refractivity contribution in [1.29, 1.82) is 0 Å². The highest BCUT2D eigenvalue weighted by Crippen LogP contribution is 2.78. The van der Waals surface area contributed by atoms with Crippen LogP contribution in [-0.4, -0.2) is 0 Å². The minimum atomic E-state index is -0.230. The fourth-order valence-corrected chi connectivity index (χ4v) is 11.4. The van der Waals surface area contributed by atoms with Gasteiger partial charge in [-0.1, -0.05) is 197 Å². The Hall–Kier alpha value is -2.60. The topological polar surface area (TPSA) is 0 Å². The summed E-state index contributed by atoms with van der Waals surface area (Å²) in [4.78, 5) is 0. The van der Waals surface area contributed by atoms with E-state index in [9.17, 15) is 0 Å². The highest BCUT2D eigenvalue weighted by molar-refractivity contribution is 5.62. The van der Waals surface area contributed by atoms with Crippen LogP contribution in [0.2, 0.25) is 0 Å². The first kappa shape index (κ1) is 35.3. The van der Waals surface area contributed by atoms with E-state index in [1.165, 1.54) is 75.3 Å². The Morgan fingerprint density at radius 3 is 1.07 bits per heavy atom. The molecule has 1 unspecified atom stereocenters. The van der Waals surface area contributed by atoms with Gasteiger partial charge >= 0.3 is 0 Å². The van der Waals surface area contributed by atoms with Crippen molar-refractivity contribution in [1.82, 2.24) is 0 Å². The van der Waals surface area contributed by atoms with Crippen molar-refractivity contribution in [2.45, 2.75) is 137 Å². The molecule has 0 amide bonds. The third-order valence-corrected chi connectivity index (χ3v) is 11.8. The van der Waals surface area contributed by atoms with Crippen LogP contribution in [0.25, 0.3) is 0 Å². The van der Waals surface area contributed by atoms with E-state index in [1.807, 2.05) is 0 Å². The summed E-state index contributed by atoms with van der Waals surface area (Å²) >= 11 is 0. The van der Waals surface area contributed by atoms with Gasteiger partial charge in [0, 0.05) is 10.8 Å². The first-order valence-electron chi connectivity index (χ1n) is 18.7. The normalized spacial score (nSPS) is 20.6. The second-order valence-electron chi connectivity index (χ2n) is 14.8. The van der Waals surface area contributed by atoms with E-state index in [1.54, 1.807) is 16.7 Å². The van der Waals surface area contributed by atoms with Crippen molar-refractivity contribution in [3.8, 4) is 0 Å². The van der Waals surface area contributed by atoms with Crippen LogP contribution < -0.4 is 0 Å². The number of hydrogen-bond donors (Lipinski definition) is 0. The lowest BCUT2D eigenvalue weighted by Crippen LogP contribution is -2.70. The van der Waals surface area contributed by atoms with Crippen molar-refractivity contribution < 1.29 is 0 Å². The van der Waals surface area contributed by atoms with Gasteiger partial charge in [-0.15, -0.1) is 0 Å². The molecular weight excluding hydrogens is 540 g/mol. The zero-order valence-corrected chi connectivity index (χ0v) is 30.4. The van der Waals surface area contributed by atoms with E-state index in [2.05, 4.69) is 153 Å². The maximum atomic E-state index is 2.53. The van der Waals surface area contributed by atoms with Crippen molar-refractivity contribution in [2.24, 2.45) is 22.7 Å². The second kappa shape index (κ2) is 14.9. The highest BCUT2D eigenvalue weighted by Gasteiger charge is 2.73. The van der Waals surface area contributed by atoms with Gasteiger partial charge in [0.2, 0.25) is 0 Å². The molecule has 0 heteroatoms. The molecule has 45 heavy (non-hydrogen) atoms. The molecule has 0 aliphatic heterocycles. The maximum absolute atomic E-state index is 2.53. The van der Waals surface area contributed by atoms with Gasteiger partial charge in [0.25, 0.3) is 0 Å². The molecule has 4 rings (SSSR count). The zero-order valence-electron chi connectivity index (χ0n) is 30.4. The minimum absolute atomic E-state index is 0.0151. The fourth-order valence-electron chi connectivity index (χ4n) is 11.4. The van der Waals surface area contributed by atoms with Gasteiger partial charge in [0.1, 0.15) is 0 Å². The maximum Gasteiger partial charge on any atom is 0.0478 e. The van der Waals surface area contributed by atoms with E-state index >= 15 is 0 Å². The summed E-state index contributed by atoms with van der Waals surface area (Å²) in [6.45, 7) is 22.5. The first-order valence-corrected chi connectivity index (χ1v) is 18.7. The average Bonchev–Trinajstić information content (AvgIpc) is 3.04. The molecule has 0 saturated carbocycles. The molecule has 0 bridgehead atoms. The molecule has 244 valence electrons. The average molecular weight is 605 g/mol. The summed E-state index contributed by atoms with van der Waals surface area (Å²) in [6, 6.07) is 35.7. The Kier molecular flexibility index (Phi) is 11.7. The lowest BCUT2D eigenvalue weighted by Gasteiger charge is -2.74. The standard InChI is InChI=1S/C45H64/c1-10-30-42(31-11-2)43(32-12-3,33-13-4)45(38-26-20-16-21-27-38,39-28-22-17-23-29-39)41(36(8)9)40(35(6)7)44(42,34-14-5)37-24-18-15-19-25-37/h15-29,35-36H,10-14,30-34H2,1-9H3. The van der Waals surface area contributed by atoms with Gasteiger partial charge in [-0.25, -0.2) is 0 Å². The number of allylic oxidation sites excluding steroid dienone is 2. The van der Waals surface area contributed by atoms with Gasteiger partial charge in [0.05, 0.1) is 0 Å². The Morgan fingerprint density at radius 1 is 0.400 bits per heavy atom. The largest absolute Gasteiger partial charge is 0.0654 e. The summed E-state index contributed by atoms with van der Waals surface area (Å²) < 4.78 is 0. The summed E-state index contributed by atoms with van der Waals surface area (Å²) in [7, 11) is 0. The zero-order chi connectivity index (χ0) is 32.7. The Morgan fingerprint density at radius 2 is 0.733 bits per heavy atom. The molecule has 0 saturated heterocycles. The van der Waals surface area contributed by atoms with Crippen molar-refractivity contribution in [3.63, 3.8) is 0 Å². The summed E-state index contributed by atoms with van der Waals surface area (Å²) in [5, 5.41) is 0. The van der Waals surface area contributed by atoms with E-state index in [-0.39, 0.29) is 21.7 Å². The van der Waals surface area contributed by atoms with E-state index in [4.69, 9.17) is 0 Å². The number of benzene rings is 3. The fraction of sp³-hybridized carbons (Fsp3) is 0.556. The Bertz CT molecular complexity index is 1290. The minimum Gasteiger partial charge on any atom is -0.0654 e. The molecule has 0 radical (unpaired) electrons. The molecule has 1 aliphatic rings. The summed E-state index contributed by atoms with van der Waals surface area (Å²) in [6.07, 6.45) is 12.1. The van der Waals surface area contributed by atoms with Crippen LogP contribution in [0.4, 0.5) is 0 Å². The summed E-state index contributed by atoms with van der Waals surface area (Å²) in [5.74, 6) is 0.826. The van der Waals surface area contributed by atoms with Crippen LogP contribution in [0.1, 0.15) is 143 Å². The molecule has 1 aliphatic carbocycles. The lowest BCUT2D eigenvalue weighted by atomic mass is 9.29. The van der Waals surface area contributed by atoms with Crippen LogP contribution in [0.5, 0.6) is 0 Å². The van der Waals surface area contributed by atoms with E-state index in [0.29, 0.717) is 11.8 Å². The molecular formula is C45H64. The molecule has 3 aromatic carbocycles. The molecule has 1 atom stereocenters. The number of rotatable bonds is 15. The van der Waals surface area contributed by atoms with Crippen molar-refractivity contribution >= 4 is 0 Å². The molecule has 3 aromatic rings. The molecule has 0 N–H and O–H groups in total. The van der Waals surface area contributed by atoms with Crippen molar-refractivity contribution in [3.05, 3.63) is 119 Å². The van der Waals surface area contributed by atoms with Crippen molar-refractivity contribution in [2.75, 3.05) is 0 Å². The smallest absolute Gasteiger partial charge is 0.0478 e. The molecule has 0 fully saturated rings. The van der Waals surface area contributed by atoms with Gasteiger partial charge in [0.15, 0.2) is 0 Å². The quantitative estimate of drug-likeness (QED) is 0.151. The van der Waals surface area contributed by atoms with Gasteiger partial charge < -0.3 is 0 Å². The third-order valence-electron chi connectivity index (χ3n) is 11.8. The predicted molar refractivity (Wildman–Crippen MR) is 198 cm³/mol. The van der Waals surface area contributed by atoms with Crippen LogP contribution in [0, 0.1) is 22.7 Å². The van der Waals surface area contributed by atoms with Crippen LogP contribution in [-0.2, 0) is 10.8 Å². The SMILES string of the molecule is CCCC1(c2ccccc2)C(C(C)C)=C(C(C)C)C(c2ccccc2)(c2ccccc2)C(CCC)(CCC)C1(CCC)CCC. The summed E-state index contributed by atoms with van der Waals surface area (Å²) in [5.41, 5.74) is 7.87. The first-order chi connectivity index (χ1) is 21.8. The Labute approximate surface area is 278 Å². The highest BCUT2D eigenvalue weighted by atomic mass is 14.8. The lowest BCUT2D eigenvalue weighted by molar-refractivity contribution is -0.119. The monoisotopic (exact) mass is 605 g/mol. The molecule has 0 heterocycles. The molecule has 0 spiro atoms. The van der Waals surface area contributed by atoms with E-state index in [0.717, 1.165) is 0 Å². The van der Waals surface area contributed by atoms with E-state index < -0.39 is 0 Å². The predicted octanol–water partition coefficient (Wildman–Crippen LogP) is 13.5. The van der Waals surface area contributed by atoms with Crippen LogP contribution >= 0.6 is 0 Å². The number of hydrogen-bond acceptors (Lipinski definition) is 0. The van der Waals surface area contributed by atoms with Crippen LogP contribution in [0.15, 0.2) is 102 Å². The van der Waals surface area contributed by atoms with Gasteiger partial charge in [-0.2, -0.15) is 0 Å². The van der Waals surface area contributed by atoms with Gasteiger partial charge in [-0.05, 0) is 71.5 Å². The molecule has 0 nitrogen and oxygen atoms in total. The third kappa shape index (κ3) is 5.27. The second-order valence-corrected chi connectivity index (χ2v) is 14.8. The Balaban J connectivity index is 2.54. The van der Waals surface area contributed by atoms with Crippen LogP contribution in [0.3, 0.4) is 0 Å².